The first kappa shape index (κ1) is 16.0. The number of primary sulfonamides is 1. The van der Waals surface area contributed by atoms with Gasteiger partial charge in [0.25, 0.3) is 5.91 Å². The smallest absolute Gasteiger partial charge is 0.276 e. The second kappa shape index (κ2) is 5.76. The van der Waals surface area contributed by atoms with Gasteiger partial charge in [-0.3, -0.25) is 9.89 Å². The lowest BCUT2D eigenvalue weighted by atomic mass is 10.2. The summed E-state index contributed by atoms with van der Waals surface area (Å²) in [5.74, 6) is 0.135. The number of hydrogen-bond donors (Lipinski definition) is 2. The second-order valence-corrected chi connectivity index (χ2v) is 7.27. The van der Waals surface area contributed by atoms with E-state index < -0.39 is 10.0 Å². The lowest BCUT2D eigenvalue weighted by Crippen LogP contribution is -2.39. The van der Waals surface area contributed by atoms with E-state index in [0.29, 0.717) is 24.6 Å². The summed E-state index contributed by atoms with van der Waals surface area (Å²) < 4.78 is 23.5. The number of nitrogens with one attached hydrogen (secondary N) is 1. The predicted octanol–water partition coefficient (Wildman–Crippen LogP) is 0.880. The van der Waals surface area contributed by atoms with Crippen molar-refractivity contribution in [2.24, 2.45) is 11.1 Å². The fraction of sp³-hybridized carbons (Fsp3) is 0.692. The van der Waals surface area contributed by atoms with E-state index >= 15 is 0 Å². The fourth-order valence-electron chi connectivity index (χ4n) is 2.30. The molecule has 0 unspecified atom stereocenters. The highest BCUT2D eigenvalue weighted by molar-refractivity contribution is 7.89. The first-order valence-corrected chi connectivity index (χ1v) is 8.71. The van der Waals surface area contributed by atoms with Crippen molar-refractivity contribution in [1.82, 2.24) is 15.1 Å². The Kier molecular flexibility index (Phi) is 4.38. The van der Waals surface area contributed by atoms with Gasteiger partial charge >= 0.3 is 0 Å². The molecule has 3 N–H and O–H groups in total. The molecule has 0 saturated heterocycles. The van der Waals surface area contributed by atoms with E-state index in [9.17, 15) is 13.2 Å². The SMILES string of the molecule is CCc1[nH]nc(C(=O)N(CC2CC2)C(C)C)c1S(N)(=O)=O. The molecule has 1 heterocycles. The lowest BCUT2D eigenvalue weighted by molar-refractivity contribution is 0.0686. The molecule has 1 fully saturated rings. The number of hydrogen-bond acceptors (Lipinski definition) is 4. The second-order valence-electron chi connectivity index (χ2n) is 5.77. The number of carbonyl (C=O) groups is 1. The van der Waals surface area contributed by atoms with Crippen molar-refractivity contribution in [2.45, 2.75) is 51.0 Å². The Morgan fingerprint density at radius 1 is 1.48 bits per heavy atom. The van der Waals surface area contributed by atoms with Crippen molar-refractivity contribution in [2.75, 3.05) is 6.54 Å². The highest BCUT2D eigenvalue weighted by Crippen LogP contribution is 2.31. The average Bonchev–Trinajstić information content (AvgIpc) is 3.08. The summed E-state index contributed by atoms with van der Waals surface area (Å²) in [5.41, 5.74) is 0.277. The van der Waals surface area contributed by atoms with Crippen LogP contribution in [0.25, 0.3) is 0 Å². The molecule has 7 nitrogen and oxygen atoms in total. The van der Waals surface area contributed by atoms with Gasteiger partial charge in [0.1, 0.15) is 4.90 Å². The topological polar surface area (TPSA) is 109 Å². The molecule has 1 amide bonds. The minimum Gasteiger partial charge on any atom is -0.335 e. The van der Waals surface area contributed by atoms with E-state index in [4.69, 9.17) is 5.14 Å². The van der Waals surface area contributed by atoms with Gasteiger partial charge in [-0.25, -0.2) is 13.6 Å². The molecule has 1 aromatic rings. The summed E-state index contributed by atoms with van der Waals surface area (Å²) >= 11 is 0. The Labute approximate surface area is 124 Å². The highest BCUT2D eigenvalue weighted by Gasteiger charge is 2.33. The third-order valence-electron chi connectivity index (χ3n) is 3.67. The number of H-pyrrole nitrogens is 1. The number of nitrogens with two attached hydrogens (primary N) is 1. The predicted molar refractivity (Wildman–Crippen MR) is 78.2 cm³/mol. The summed E-state index contributed by atoms with van der Waals surface area (Å²) in [4.78, 5) is 14.2. The molecule has 1 aliphatic carbocycles. The Morgan fingerprint density at radius 2 is 2.10 bits per heavy atom. The molecular formula is C13H22N4O3S. The molecule has 1 aliphatic rings. The van der Waals surface area contributed by atoms with E-state index in [1.165, 1.54) is 0 Å². The van der Waals surface area contributed by atoms with E-state index in [1.807, 2.05) is 13.8 Å². The number of amides is 1. The number of carbonyl (C=O) groups excluding carboxylic acids is 1. The van der Waals surface area contributed by atoms with Gasteiger partial charge in [-0.2, -0.15) is 5.10 Å². The number of sulfonamides is 1. The monoisotopic (exact) mass is 314 g/mol. The van der Waals surface area contributed by atoms with Gasteiger partial charge in [0.2, 0.25) is 10.0 Å². The van der Waals surface area contributed by atoms with E-state index in [-0.39, 0.29) is 22.5 Å². The van der Waals surface area contributed by atoms with Crippen molar-refractivity contribution in [1.29, 1.82) is 0 Å². The summed E-state index contributed by atoms with van der Waals surface area (Å²) in [6.45, 7) is 6.23. The maximum atomic E-state index is 12.7. The van der Waals surface area contributed by atoms with Crippen LogP contribution in [0.2, 0.25) is 0 Å². The molecule has 0 aromatic carbocycles. The van der Waals surface area contributed by atoms with Crippen LogP contribution in [-0.4, -0.2) is 42.0 Å². The summed E-state index contributed by atoms with van der Waals surface area (Å²) in [7, 11) is -3.99. The minimum absolute atomic E-state index is 0.0202. The first-order valence-electron chi connectivity index (χ1n) is 7.16. The maximum absolute atomic E-state index is 12.7. The Bertz CT molecular complexity index is 632. The zero-order valence-corrected chi connectivity index (χ0v) is 13.4. The first-order chi connectivity index (χ1) is 9.75. The third kappa shape index (κ3) is 3.44. The summed E-state index contributed by atoms with van der Waals surface area (Å²) in [5, 5.41) is 11.8. The fourth-order valence-corrected chi connectivity index (χ4v) is 3.24. The van der Waals surface area contributed by atoms with Gasteiger partial charge in [0.05, 0.1) is 5.69 Å². The van der Waals surface area contributed by atoms with E-state index in [1.54, 1.807) is 11.8 Å². The van der Waals surface area contributed by atoms with Crippen LogP contribution in [0.4, 0.5) is 0 Å². The van der Waals surface area contributed by atoms with Crippen LogP contribution in [0.5, 0.6) is 0 Å². The van der Waals surface area contributed by atoms with E-state index in [0.717, 1.165) is 12.8 Å². The van der Waals surface area contributed by atoms with E-state index in [2.05, 4.69) is 10.2 Å². The van der Waals surface area contributed by atoms with Crippen molar-refractivity contribution in [3.8, 4) is 0 Å². The molecule has 0 aliphatic heterocycles. The molecule has 8 heteroatoms. The summed E-state index contributed by atoms with van der Waals surface area (Å²) in [6.07, 6.45) is 2.63. The number of rotatable bonds is 6. The molecule has 2 rings (SSSR count). The quantitative estimate of drug-likeness (QED) is 0.812. The molecule has 21 heavy (non-hydrogen) atoms. The van der Waals surface area contributed by atoms with Crippen LogP contribution < -0.4 is 5.14 Å². The Balaban J connectivity index is 2.39. The Hall–Kier alpha value is -1.41. The Morgan fingerprint density at radius 3 is 2.52 bits per heavy atom. The van der Waals surface area contributed by atoms with Crippen LogP contribution in [0.1, 0.15) is 49.8 Å². The van der Waals surface area contributed by atoms with Crippen LogP contribution in [0, 0.1) is 5.92 Å². The average molecular weight is 314 g/mol. The van der Waals surface area contributed by atoms with Gasteiger partial charge in [0, 0.05) is 12.6 Å². The molecule has 0 spiro atoms. The number of aryl methyl sites for hydroxylation is 1. The number of aromatic nitrogens is 2. The normalized spacial score (nSPS) is 15.5. The van der Waals surface area contributed by atoms with Crippen molar-refractivity contribution >= 4 is 15.9 Å². The van der Waals surface area contributed by atoms with Crippen LogP contribution in [0.15, 0.2) is 4.90 Å². The maximum Gasteiger partial charge on any atom is 0.276 e. The van der Waals surface area contributed by atoms with Gasteiger partial charge in [0.15, 0.2) is 5.69 Å². The van der Waals surface area contributed by atoms with Gasteiger partial charge in [-0.15, -0.1) is 0 Å². The molecule has 0 radical (unpaired) electrons. The standard InChI is InChI=1S/C13H22N4O3S/c1-4-10-12(21(14,19)20)11(16-15-10)13(18)17(8(2)3)7-9-5-6-9/h8-9H,4-7H2,1-3H3,(H,15,16)(H2,14,19,20). The molecule has 1 saturated carbocycles. The molecule has 1 aromatic heterocycles. The van der Waals surface area contributed by atoms with Gasteiger partial charge < -0.3 is 4.90 Å². The van der Waals surface area contributed by atoms with Crippen molar-refractivity contribution in [3.63, 3.8) is 0 Å². The van der Waals surface area contributed by atoms with Crippen LogP contribution >= 0.6 is 0 Å². The minimum atomic E-state index is -3.99. The highest BCUT2D eigenvalue weighted by atomic mass is 32.2. The van der Waals surface area contributed by atoms with Gasteiger partial charge in [-0.05, 0) is 39.0 Å². The number of aromatic amines is 1. The summed E-state index contributed by atoms with van der Waals surface area (Å²) in [6, 6.07) is -0.0202. The molecule has 0 atom stereocenters. The van der Waals surface area contributed by atoms with Crippen LogP contribution in [-0.2, 0) is 16.4 Å². The third-order valence-corrected chi connectivity index (χ3v) is 4.68. The van der Waals surface area contributed by atoms with Crippen molar-refractivity contribution in [3.05, 3.63) is 11.4 Å². The largest absolute Gasteiger partial charge is 0.335 e. The zero-order valence-electron chi connectivity index (χ0n) is 12.6. The number of nitrogens with zero attached hydrogens (tertiary/aromatic N) is 2. The molecule has 0 bridgehead atoms. The van der Waals surface area contributed by atoms with Gasteiger partial charge in [-0.1, -0.05) is 6.92 Å². The molecular weight excluding hydrogens is 292 g/mol. The lowest BCUT2D eigenvalue weighted by Gasteiger charge is -2.26. The molecule has 118 valence electrons. The van der Waals surface area contributed by atoms with Crippen molar-refractivity contribution < 1.29 is 13.2 Å². The van der Waals surface area contributed by atoms with Crippen LogP contribution in [0.3, 0.4) is 0 Å². The zero-order chi connectivity index (χ0) is 15.8.